The van der Waals surface area contributed by atoms with Gasteiger partial charge in [0.2, 0.25) is 0 Å². The smallest absolute Gasteiger partial charge is 0.179 e. The molecule has 2 rings (SSSR count). The topological polar surface area (TPSA) is 48.3 Å². The van der Waals surface area contributed by atoms with Gasteiger partial charge in [-0.2, -0.15) is 0 Å². The Morgan fingerprint density at radius 3 is 2.65 bits per heavy atom. The van der Waals surface area contributed by atoms with Crippen molar-refractivity contribution in [2.45, 2.75) is 13.1 Å². The molecule has 6 heteroatoms. The van der Waals surface area contributed by atoms with Crippen molar-refractivity contribution in [2.24, 2.45) is 7.05 Å². The molecule has 1 heterocycles. The van der Waals surface area contributed by atoms with Crippen LogP contribution in [0.2, 0.25) is 5.02 Å². The molecule has 2 aromatic rings. The van der Waals surface area contributed by atoms with Crippen molar-refractivity contribution < 1.29 is 9.47 Å². The Morgan fingerprint density at radius 1 is 1.25 bits per heavy atom. The molecule has 108 valence electrons. The van der Waals surface area contributed by atoms with Gasteiger partial charge in [-0.05, 0) is 11.6 Å². The van der Waals surface area contributed by atoms with E-state index < -0.39 is 0 Å². The first kappa shape index (κ1) is 14.7. The van der Waals surface area contributed by atoms with Crippen LogP contribution in [0.15, 0.2) is 24.5 Å². The molecule has 1 aromatic heterocycles. The summed E-state index contributed by atoms with van der Waals surface area (Å²) in [5.74, 6) is 2.16. The zero-order valence-electron chi connectivity index (χ0n) is 11.8. The minimum atomic E-state index is 0.561. The average Bonchev–Trinajstić information content (AvgIpc) is 2.86. The Labute approximate surface area is 123 Å². The molecule has 0 aliphatic heterocycles. The molecule has 0 amide bonds. The highest BCUT2D eigenvalue weighted by molar-refractivity contribution is 6.33. The Kier molecular flexibility index (Phi) is 4.87. The van der Waals surface area contributed by atoms with Crippen LogP contribution in [0.3, 0.4) is 0 Å². The standard InChI is InChI=1S/C14H18ClN3O2/c1-18-7-6-17-12(18)9-16-8-10-4-5-11(19-2)14(20-3)13(10)15/h4-7,16H,8-9H2,1-3H3. The predicted octanol–water partition coefficient (Wildman–Crippen LogP) is 2.38. The molecule has 0 saturated heterocycles. The van der Waals surface area contributed by atoms with E-state index >= 15 is 0 Å². The third-order valence-electron chi connectivity index (χ3n) is 3.08. The van der Waals surface area contributed by atoms with E-state index in [2.05, 4.69) is 10.3 Å². The van der Waals surface area contributed by atoms with E-state index in [0.717, 1.165) is 11.4 Å². The first-order chi connectivity index (χ1) is 9.67. The Balaban J connectivity index is 2.05. The third-order valence-corrected chi connectivity index (χ3v) is 3.50. The highest BCUT2D eigenvalue weighted by atomic mass is 35.5. The van der Waals surface area contributed by atoms with Gasteiger partial charge in [0.05, 0.1) is 25.8 Å². The van der Waals surface area contributed by atoms with Crippen LogP contribution < -0.4 is 14.8 Å². The molecular formula is C14H18ClN3O2. The molecule has 0 unspecified atom stereocenters. The molecule has 0 aliphatic rings. The van der Waals surface area contributed by atoms with Crippen molar-refractivity contribution in [3.05, 3.63) is 40.9 Å². The van der Waals surface area contributed by atoms with E-state index in [9.17, 15) is 0 Å². The maximum absolute atomic E-state index is 6.32. The highest BCUT2D eigenvalue weighted by Gasteiger charge is 2.12. The van der Waals surface area contributed by atoms with Crippen molar-refractivity contribution in [1.82, 2.24) is 14.9 Å². The van der Waals surface area contributed by atoms with E-state index in [4.69, 9.17) is 21.1 Å². The first-order valence-electron chi connectivity index (χ1n) is 6.23. The number of hydrogen-bond donors (Lipinski definition) is 1. The fraction of sp³-hybridized carbons (Fsp3) is 0.357. The van der Waals surface area contributed by atoms with Gasteiger partial charge in [-0.3, -0.25) is 0 Å². The molecule has 0 saturated carbocycles. The van der Waals surface area contributed by atoms with Crippen molar-refractivity contribution in [2.75, 3.05) is 14.2 Å². The van der Waals surface area contributed by atoms with E-state index in [1.54, 1.807) is 20.4 Å². The van der Waals surface area contributed by atoms with Crippen LogP contribution in [0, 0.1) is 0 Å². The van der Waals surface area contributed by atoms with Gasteiger partial charge in [0, 0.05) is 26.0 Å². The molecular weight excluding hydrogens is 278 g/mol. The fourth-order valence-corrected chi connectivity index (χ4v) is 2.24. The normalized spacial score (nSPS) is 10.6. The van der Waals surface area contributed by atoms with Crippen molar-refractivity contribution in [1.29, 1.82) is 0 Å². The first-order valence-corrected chi connectivity index (χ1v) is 6.61. The summed E-state index contributed by atoms with van der Waals surface area (Å²) in [5, 5.41) is 3.88. The Hall–Kier alpha value is -1.72. The molecule has 20 heavy (non-hydrogen) atoms. The van der Waals surface area contributed by atoms with E-state index in [0.29, 0.717) is 29.6 Å². The van der Waals surface area contributed by atoms with Crippen LogP contribution in [0.25, 0.3) is 0 Å². The Bertz CT molecular complexity index is 584. The van der Waals surface area contributed by atoms with Gasteiger partial charge in [0.15, 0.2) is 11.5 Å². The molecule has 0 atom stereocenters. The van der Waals surface area contributed by atoms with Crippen LogP contribution >= 0.6 is 11.6 Å². The number of nitrogens with one attached hydrogen (secondary N) is 1. The predicted molar refractivity (Wildman–Crippen MR) is 78.3 cm³/mol. The summed E-state index contributed by atoms with van der Waals surface area (Å²) >= 11 is 6.32. The monoisotopic (exact) mass is 295 g/mol. The van der Waals surface area contributed by atoms with Gasteiger partial charge in [0.1, 0.15) is 5.82 Å². The van der Waals surface area contributed by atoms with Crippen LogP contribution in [0.1, 0.15) is 11.4 Å². The lowest BCUT2D eigenvalue weighted by Crippen LogP contribution is -2.16. The molecule has 5 nitrogen and oxygen atoms in total. The number of nitrogens with zero attached hydrogens (tertiary/aromatic N) is 2. The zero-order chi connectivity index (χ0) is 14.5. The zero-order valence-corrected chi connectivity index (χ0v) is 12.6. The van der Waals surface area contributed by atoms with E-state index in [1.807, 2.05) is 29.9 Å². The summed E-state index contributed by atoms with van der Waals surface area (Å²) in [4.78, 5) is 4.25. The van der Waals surface area contributed by atoms with Gasteiger partial charge in [0.25, 0.3) is 0 Å². The second kappa shape index (κ2) is 6.63. The van der Waals surface area contributed by atoms with Crippen LogP contribution in [-0.2, 0) is 20.1 Å². The van der Waals surface area contributed by atoms with Crippen LogP contribution in [0.4, 0.5) is 0 Å². The van der Waals surface area contributed by atoms with Crippen molar-refractivity contribution >= 4 is 11.6 Å². The van der Waals surface area contributed by atoms with E-state index in [-0.39, 0.29) is 0 Å². The summed E-state index contributed by atoms with van der Waals surface area (Å²) in [6.07, 6.45) is 3.70. The summed E-state index contributed by atoms with van der Waals surface area (Å²) in [6, 6.07) is 3.78. The summed E-state index contributed by atoms with van der Waals surface area (Å²) in [5.41, 5.74) is 0.957. The average molecular weight is 296 g/mol. The number of halogens is 1. The lowest BCUT2D eigenvalue weighted by atomic mass is 10.2. The summed E-state index contributed by atoms with van der Waals surface area (Å²) in [7, 11) is 5.13. The number of benzene rings is 1. The second-order valence-electron chi connectivity index (χ2n) is 4.33. The lowest BCUT2D eigenvalue weighted by Gasteiger charge is -2.13. The number of methoxy groups -OCH3 is 2. The second-order valence-corrected chi connectivity index (χ2v) is 4.71. The lowest BCUT2D eigenvalue weighted by molar-refractivity contribution is 0.354. The highest BCUT2D eigenvalue weighted by Crippen LogP contribution is 2.37. The SMILES string of the molecule is COc1ccc(CNCc2nccn2C)c(Cl)c1OC. The van der Waals surface area contributed by atoms with Gasteiger partial charge in [-0.15, -0.1) is 0 Å². The van der Waals surface area contributed by atoms with Crippen molar-refractivity contribution in [3.63, 3.8) is 0 Å². The number of aromatic nitrogens is 2. The van der Waals surface area contributed by atoms with Gasteiger partial charge in [-0.1, -0.05) is 17.7 Å². The molecule has 0 bridgehead atoms. The third kappa shape index (κ3) is 3.05. The largest absolute Gasteiger partial charge is 0.493 e. The van der Waals surface area contributed by atoms with Gasteiger partial charge in [-0.25, -0.2) is 4.98 Å². The number of ether oxygens (including phenoxy) is 2. The minimum Gasteiger partial charge on any atom is -0.493 e. The van der Waals surface area contributed by atoms with Crippen LogP contribution in [-0.4, -0.2) is 23.8 Å². The molecule has 1 aromatic carbocycles. The quantitative estimate of drug-likeness (QED) is 0.889. The number of rotatable bonds is 6. The maximum Gasteiger partial charge on any atom is 0.179 e. The van der Waals surface area contributed by atoms with E-state index in [1.165, 1.54) is 0 Å². The maximum atomic E-state index is 6.32. The Morgan fingerprint density at radius 2 is 2.05 bits per heavy atom. The number of imidazole rings is 1. The number of aryl methyl sites for hydroxylation is 1. The minimum absolute atomic E-state index is 0.561. The molecule has 0 spiro atoms. The van der Waals surface area contributed by atoms with Crippen LogP contribution in [0.5, 0.6) is 11.5 Å². The van der Waals surface area contributed by atoms with Crippen molar-refractivity contribution in [3.8, 4) is 11.5 Å². The van der Waals surface area contributed by atoms with Gasteiger partial charge < -0.3 is 19.4 Å². The summed E-state index contributed by atoms with van der Waals surface area (Å²) in [6.45, 7) is 1.31. The molecule has 0 radical (unpaired) electrons. The summed E-state index contributed by atoms with van der Waals surface area (Å²) < 4.78 is 12.5. The fourth-order valence-electron chi connectivity index (χ4n) is 1.94. The number of hydrogen-bond acceptors (Lipinski definition) is 4. The molecule has 1 N–H and O–H groups in total. The molecule has 0 fully saturated rings. The molecule has 0 aliphatic carbocycles. The van der Waals surface area contributed by atoms with Gasteiger partial charge >= 0.3 is 0 Å².